The highest BCUT2D eigenvalue weighted by Gasteiger charge is 2.53. The number of carbonyl (C=O) groups excluding carboxylic acids is 4. The molecule has 2 aliphatic heterocycles. The van der Waals surface area contributed by atoms with E-state index in [0.29, 0.717) is 12.0 Å². The van der Waals surface area contributed by atoms with E-state index in [1.54, 1.807) is 39.0 Å². The van der Waals surface area contributed by atoms with Gasteiger partial charge in [-0.3, -0.25) is 9.59 Å². The summed E-state index contributed by atoms with van der Waals surface area (Å²) >= 11 is 0. The summed E-state index contributed by atoms with van der Waals surface area (Å²) in [6.07, 6.45) is 6.23. The molecule has 1 fully saturated rings. The number of amides is 1. The van der Waals surface area contributed by atoms with Gasteiger partial charge in [-0.1, -0.05) is 83.9 Å². The van der Waals surface area contributed by atoms with Crippen molar-refractivity contribution in [2.45, 2.75) is 137 Å². The van der Waals surface area contributed by atoms with Gasteiger partial charge in [-0.25, -0.2) is 9.59 Å². The fourth-order valence-corrected chi connectivity index (χ4v) is 7.98. The molecule has 0 spiro atoms. The Morgan fingerprint density at radius 3 is 2.30 bits per heavy atom. The van der Waals surface area contributed by atoms with Crippen LogP contribution in [0.15, 0.2) is 70.7 Å². The SMILES string of the molecule is CO[C@H]1C=CC=C(C)C[C@H](C)[C@H](O)[C@H](C)C=C(C)C=C(C)C(=O)O[C@@H]1[C@H](C)[C@H](O)[C@@H](C)[C@]1(O)C[C@H](OC(=O)/C=C/C(=O)NC2=C(O)CCC2=O)[C@H](C)[C@H](C(C)C)O1. The molecule has 0 bridgehead atoms. The van der Waals surface area contributed by atoms with E-state index in [1.165, 1.54) is 7.11 Å². The molecule has 13 heteroatoms. The summed E-state index contributed by atoms with van der Waals surface area (Å²) in [6, 6.07) is 0. The Bertz CT molecular complexity index is 1650. The molecule has 57 heavy (non-hydrogen) atoms. The van der Waals surface area contributed by atoms with Gasteiger partial charge in [0.1, 0.15) is 29.8 Å². The smallest absolute Gasteiger partial charge is 0.334 e. The first-order chi connectivity index (χ1) is 26.6. The Labute approximate surface area is 337 Å². The average molecular weight is 800 g/mol. The first kappa shape index (κ1) is 47.5. The molecule has 1 aliphatic carbocycles. The van der Waals surface area contributed by atoms with Crippen LogP contribution in [0.4, 0.5) is 0 Å². The molecule has 318 valence electrons. The predicted octanol–water partition coefficient (Wildman–Crippen LogP) is 5.46. The topological polar surface area (TPSA) is 198 Å². The molecular weight excluding hydrogens is 734 g/mol. The molecule has 0 aromatic carbocycles. The third-order valence-electron chi connectivity index (χ3n) is 11.5. The molecule has 2 heterocycles. The van der Waals surface area contributed by atoms with Gasteiger partial charge in [0.15, 0.2) is 11.6 Å². The van der Waals surface area contributed by atoms with Crippen molar-refractivity contribution in [2.24, 2.45) is 35.5 Å². The minimum atomic E-state index is -2.01. The van der Waals surface area contributed by atoms with Crippen LogP contribution < -0.4 is 5.32 Å². The van der Waals surface area contributed by atoms with Crippen molar-refractivity contribution in [1.29, 1.82) is 0 Å². The van der Waals surface area contributed by atoms with Crippen LogP contribution in [0.2, 0.25) is 0 Å². The Kier molecular flexibility index (Phi) is 17.2. The second-order valence-corrected chi connectivity index (χ2v) is 16.7. The van der Waals surface area contributed by atoms with Crippen molar-refractivity contribution in [1.82, 2.24) is 5.32 Å². The number of methoxy groups -OCH3 is 1. The number of aliphatic hydroxyl groups excluding tert-OH is 3. The number of esters is 2. The summed E-state index contributed by atoms with van der Waals surface area (Å²) in [5.74, 6) is -7.52. The lowest BCUT2D eigenvalue weighted by atomic mass is 9.76. The Balaban J connectivity index is 1.90. The lowest BCUT2D eigenvalue weighted by Crippen LogP contribution is -2.59. The van der Waals surface area contributed by atoms with Crippen LogP contribution in [0.5, 0.6) is 0 Å². The molecule has 1 amide bonds. The van der Waals surface area contributed by atoms with E-state index >= 15 is 0 Å². The van der Waals surface area contributed by atoms with Crippen molar-refractivity contribution in [2.75, 3.05) is 7.11 Å². The maximum atomic E-state index is 13.6. The molecule has 0 radical (unpaired) electrons. The van der Waals surface area contributed by atoms with Crippen LogP contribution in [0.3, 0.4) is 0 Å². The minimum Gasteiger partial charge on any atom is -0.510 e. The second-order valence-electron chi connectivity index (χ2n) is 16.7. The van der Waals surface area contributed by atoms with Crippen LogP contribution in [0.25, 0.3) is 0 Å². The maximum Gasteiger partial charge on any atom is 0.334 e. The zero-order chi connectivity index (χ0) is 42.9. The maximum absolute atomic E-state index is 13.6. The number of nitrogens with one attached hydrogen (secondary N) is 1. The molecule has 3 rings (SSSR count). The van der Waals surface area contributed by atoms with Crippen LogP contribution in [-0.4, -0.2) is 93.6 Å². The van der Waals surface area contributed by atoms with Gasteiger partial charge in [0.25, 0.3) is 0 Å². The zero-order valence-corrected chi connectivity index (χ0v) is 35.4. The molecule has 0 aromatic rings. The standard InChI is InChI=1S/C44H65NO12/c1-23(2)41-29(8)35(55-37(49)18-17-36(48)45-38-32(46)15-16-33(38)47)22-44(53,57-41)31(10)40(51)30(9)42-34(54-11)14-12-13-24(3)19-26(5)39(50)27(6)20-25(4)21-28(7)43(52)56-42/h12-14,17-18,20-21,23,26-27,29-31,34-35,39-42,46,50-51,53H,15-16,19,22H2,1-11H3,(H,45,48)/b14-12?,18-17+,24-13?,25-20?,28-21?/t26-,27+,29-,30+,31+,34-,35-,39-,40-,41-,42+,44-/m0/s1. The van der Waals surface area contributed by atoms with Gasteiger partial charge in [-0.15, -0.1) is 0 Å². The lowest BCUT2D eigenvalue weighted by Gasteiger charge is -2.50. The number of cyclic esters (lactones) is 1. The van der Waals surface area contributed by atoms with E-state index in [1.807, 2.05) is 60.6 Å². The van der Waals surface area contributed by atoms with Crippen LogP contribution in [-0.2, 0) is 38.1 Å². The number of Topliss-reactive ketones (excluding diaryl/α,β-unsaturated/α-hetero) is 1. The molecular formula is C44H65NO12. The van der Waals surface area contributed by atoms with Crippen molar-refractivity contribution < 1.29 is 58.6 Å². The number of ketones is 1. The summed E-state index contributed by atoms with van der Waals surface area (Å²) in [7, 11) is 1.47. The molecule has 12 atom stereocenters. The van der Waals surface area contributed by atoms with E-state index in [4.69, 9.17) is 18.9 Å². The summed E-state index contributed by atoms with van der Waals surface area (Å²) in [4.78, 5) is 51.0. The average Bonchev–Trinajstić information content (AvgIpc) is 3.46. The quantitative estimate of drug-likeness (QED) is 0.138. The van der Waals surface area contributed by atoms with Crippen LogP contribution in [0, 0.1) is 35.5 Å². The molecule has 0 aromatic heterocycles. The molecule has 5 N–H and O–H groups in total. The Morgan fingerprint density at radius 1 is 1.04 bits per heavy atom. The van der Waals surface area contributed by atoms with Gasteiger partial charge in [0, 0.05) is 67.8 Å². The van der Waals surface area contributed by atoms with Crippen molar-refractivity contribution in [3.8, 4) is 0 Å². The van der Waals surface area contributed by atoms with E-state index in [-0.39, 0.29) is 48.5 Å². The van der Waals surface area contributed by atoms with E-state index < -0.39 is 83.8 Å². The summed E-state index contributed by atoms with van der Waals surface area (Å²) in [5.41, 5.74) is 1.91. The third-order valence-corrected chi connectivity index (χ3v) is 11.5. The van der Waals surface area contributed by atoms with Crippen molar-refractivity contribution >= 4 is 23.6 Å². The van der Waals surface area contributed by atoms with Gasteiger partial charge in [-0.05, 0) is 45.1 Å². The molecule has 13 nitrogen and oxygen atoms in total. The summed E-state index contributed by atoms with van der Waals surface area (Å²) < 4.78 is 24.1. The lowest BCUT2D eigenvalue weighted by molar-refractivity contribution is -0.329. The highest BCUT2D eigenvalue weighted by molar-refractivity contribution is 6.04. The first-order valence-electron chi connectivity index (χ1n) is 20.0. The monoisotopic (exact) mass is 799 g/mol. The van der Waals surface area contributed by atoms with E-state index in [0.717, 1.165) is 23.3 Å². The summed E-state index contributed by atoms with van der Waals surface area (Å²) in [5, 5.41) is 47.3. The highest BCUT2D eigenvalue weighted by Crippen LogP contribution is 2.42. The van der Waals surface area contributed by atoms with Crippen molar-refractivity contribution in [3.63, 3.8) is 0 Å². The fraction of sp³-hybridized carbons (Fsp3) is 0.636. The van der Waals surface area contributed by atoms with E-state index in [9.17, 15) is 39.6 Å². The highest BCUT2D eigenvalue weighted by atomic mass is 16.6. The summed E-state index contributed by atoms with van der Waals surface area (Å²) in [6.45, 7) is 18.3. The number of aliphatic hydroxyl groups is 4. The predicted molar refractivity (Wildman–Crippen MR) is 214 cm³/mol. The third kappa shape index (κ3) is 12.6. The Hall–Kier alpha value is -3.88. The van der Waals surface area contributed by atoms with Crippen LogP contribution >= 0.6 is 0 Å². The zero-order valence-electron chi connectivity index (χ0n) is 35.4. The van der Waals surface area contributed by atoms with Gasteiger partial charge >= 0.3 is 11.9 Å². The van der Waals surface area contributed by atoms with Crippen molar-refractivity contribution in [3.05, 3.63) is 70.7 Å². The van der Waals surface area contributed by atoms with Crippen LogP contribution in [0.1, 0.15) is 94.9 Å². The largest absolute Gasteiger partial charge is 0.510 e. The molecule has 0 unspecified atom stereocenters. The number of ether oxygens (including phenoxy) is 4. The van der Waals surface area contributed by atoms with Gasteiger partial charge < -0.3 is 44.7 Å². The number of carbonyl (C=O) groups is 4. The Morgan fingerprint density at radius 2 is 1.70 bits per heavy atom. The van der Waals surface area contributed by atoms with Gasteiger partial charge in [-0.2, -0.15) is 0 Å². The fourth-order valence-electron chi connectivity index (χ4n) is 7.98. The number of rotatable bonds is 10. The second kappa shape index (κ2) is 20.7. The number of allylic oxidation sites excluding steroid dienone is 7. The van der Waals surface area contributed by atoms with E-state index in [2.05, 4.69) is 5.32 Å². The molecule has 0 saturated carbocycles. The van der Waals surface area contributed by atoms with Gasteiger partial charge in [0.05, 0.1) is 18.3 Å². The molecule has 3 aliphatic rings. The molecule has 1 saturated heterocycles. The van der Waals surface area contributed by atoms with Gasteiger partial charge in [0.2, 0.25) is 5.91 Å². The number of hydrogen-bond donors (Lipinski definition) is 5. The minimum absolute atomic E-state index is 0.0277. The normalized spacial score (nSPS) is 32.6. The number of hydrogen-bond acceptors (Lipinski definition) is 12. The first-order valence-corrected chi connectivity index (χ1v) is 20.0.